The number of aryl methyl sites for hydroxylation is 1. The molecule has 0 atom stereocenters. The topological polar surface area (TPSA) is 112 Å². The van der Waals surface area contributed by atoms with Crippen LogP contribution in [0.5, 0.6) is 0 Å². The molecule has 0 saturated carbocycles. The van der Waals surface area contributed by atoms with Gasteiger partial charge in [0.2, 0.25) is 5.91 Å². The number of H-pyrrole nitrogens is 2. The molecule has 0 aliphatic rings. The molecule has 0 unspecified atom stereocenters. The number of anilines is 1. The molecular weight excluding hydrogens is 493 g/mol. The molecule has 6 rings (SSSR count). The molecule has 0 radical (unpaired) electrons. The Kier molecular flexibility index (Phi) is 6.11. The summed E-state index contributed by atoms with van der Waals surface area (Å²) in [4.78, 5) is 29.0. The highest BCUT2D eigenvalue weighted by molar-refractivity contribution is 6.00. The lowest BCUT2D eigenvalue weighted by molar-refractivity contribution is -0.116. The Hall–Kier alpha value is -4.92. The smallest absolute Gasteiger partial charge is 0.224 e. The highest BCUT2D eigenvalue weighted by Gasteiger charge is 2.16. The Morgan fingerprint density at radius 2 is 1.82 bits per heavy atom. The summed E-state index contributed by atoms with van der Waals surface area (Å²) in [5, 5.41) is 12.1. The summed E-state index contributed by atoms with van der Waals surface area (Å²) in [6.45, 7) is 5.88. The lowest BCUT2D eigenvalue weighted by Crippen LogP contribution is -2.13. The number of carbonyl (C=O) groups excluding carboxylic acids is 1. The van der Waals surface area contributed by atoms with Crippen molar-refractivity contribution in [2.75, 3.05) is 5.32 Å². The second kappa shape index (κ2) is 9.75. The molecule has 1 aromatic carbocycles. The van der Waals surface area contributed by atoms with E-state index in [0.29, 0.717) is 23.4 Å². The first-order chi connectivity index (χ1) is 18.8. The van der Waals surface area contributed by atoms with Crippen LogP contribution >= 0.6 is 0 Å². The largest absolute Gasteiger partial charge is 0.338 e. The Bertz CT molecular complexity index is 1830. The van der Waals surface area contributed by atoms with E-state index in [1.807, 2.05) is 51.1 Å². The van der Waals surface area contributed by atoms with Crippen molar-refractivity contribution in [2.45, 2.75) is 27.2 Å². The van der Waals surface area contributed by atoms with E-state index in [0.717, 1.165) is 50.0 Å². The summed E-state index contributed by atoms with van der Waals surface area (Å²) in [5.74, 6) is -0.0575. The molecule has 194 valence electrons. The minimum Gasteiger partial charge on any atom is -0.338 e. The number of rotatable bonds is 6. The van der Waals surface area contributed by atoms with E-state index in [1.54, 1.807) is 24.8 Å². The lowest BCUT2D eigenvalue weighted by atomic mass is 10.0. The maximum atomic E-state index is 14.2. The Morgan fingerprint density at radius 1 is 0.974 bits per heavy atom. The van der Waals surface area contributed by atoms with Crippen molar-refractivity contribution in [1.82, 2.24) is 30.1 Å². The fourth-order valence-electron chi connectivity index (χ4n) is 4.82. The van der Waals surface area contributed by atoms with E-state index in [-0.39, 0.29) is 17.6 Å². The van der Waals surface area contributed by atoms with Gasteiger partial charge in [-0.2, -0.15) is 5.10 Å². The molecular formula is C30H26FN7O. The molecule has 0 fully saturated rings. The molecule has 9 heteroatoms. The van der Waals surface area contributed by atoms with Gasteiger partial charge in [0.1, 0.15) is 11.5 Å². The summed E-state index contributed by atoms with van der Waals surface area (Å²) < 4.78 is 14.2. The third-order valence-electron chi connectivity index (χ3n) is 6.51. The standard InChI is InChI=1S/C30H26FN7O/c1-16(2)6-27(39)35-22-10-19(13-32-15-22)20-11-25-28(37-38-30(25)34-14-20)26-12-24-23(4-5-33-29(24)36-26)18-7-17(3)8-21(31)9-18/h4-5,7-16H,6H2,1-3H3,(H,33,36)(H,35,39)(H,34,37,38). The highest BCUT2D eigenvalue weighted by atomic mass is 19.1. The maximum Gasteiger partial charge on any atom is 0.224 e. The number of aromatic nitrogens is 6. The van der Waals surface area contributed by atoms with Crippen LogP contribution in [-0.4, -0.2) is 36.0 Å². The van der Waals surface area contributed by atoms with Crippen LogP contribution in [0.1, 0.15) is 25.8 Å². The number of fused-ring (bicyclic) bond motifs is 2. The minimum absolute atomic E-state index is 0.0464. The summed E-state index contributed by atoms with van der Waals surface area (Å²) in [5.41, 5.74) is 7.60. The molecule has 39 heavy (non-hydrogen) atoms. The first-order valence-corrected chi connectivity index (χ1v) is 12.7. The van der Waals surface area contributed by atoms with Crippen molar-refractivity contribution >= 4 is 33.7 Å². The van der Waals surface area contributed by atoms with Crippen LogP contribution in [0, 0.1) is 18.7 Å². The number of carbonyl (C=O) groups is 1. The van der Waals surface area contributed by atoms with Crippen LogP contribution in [-0.2, 0) is 4.79 Å². The first-order valence-electron chi connectivity index (χ1n) is 12.7. The molecule has 1 amide bonds. The Balaban J connectivity index is 1.39. The van der Waals surface area contributed by atoms with Gasteiger partial charge in [0, 0.05) is 46.9 Å². The van der Waals surface area contributed by atoms with Crippen molar-refractivity contribution in [3.8, 4) is 33.6 Å². The summed E-state index contributed by atoms with van der Waals surface area (Å²) >= 11 is 0. The fourth-order valence-corrected chi connectivity index (χ4v) is 4.82. The molecule has 0 aliphatic carbocycles. The molecule has 3 N–H and O–H groups in total. The SMILES string of the molecule is Cc1cc(F)cc(-c2ccnc3[nH]c(-c4[nH]nc5ncc(-c6cncc(NC(=O)CC(C)C)c6)cc45)cc23)c1. The Morgan fingerprint density at radius 3 is 2.64 bits per heavy atom. The van der Waals surface area contributed by atoms with E-state index in [2.05, 4.69) is 35.5 Å². The van der Waals surface area contributed by atoms with Crippen LogP contribution in [0.2, 0.25) is 0 Å². The lowest BCUT2D eigenvalue weighted by Gasteiger charge is -2.08. The maximum absolute atomic E-state index is 14.2. The van der Waals surface area contributed by atoms with Gasteiger partial charge in [-0.1, -0.05) is 19.9 Å². The van der Waals surface area contributed by atoms with Gasteiger partial charge in [-0.3, -0.25) is 14.9 Å². The number of benzene rings is 1. The van der Waals surface area contributed by atoms with Crippen LogP contribution in [0.25, 0.3) is 55.7 Å². The fraction of sp³-hybridized carbons (Fsp3) is 0.167. The predicted octanol–water partition coefficient (Wildman–Crippen LogP) is 6.66. The zero-order chi connectivity index (χ0) is 27.1. The van der Waals surface area contributed by atoms with Crippen LogP contribution < -0.4 is 5.32 Å². The van der Waals surface area contributed by atoms with Crippen LogP contribution in [0.3, 0.4) is 0 Å². The molecule has 5 heterocycles. The molecule has 0 aliphatic heterocycles. The molecule has 6 aromatic rings. The second-order valence-corrected chi connectivity index (χ2v) is 10.1. The molecule has 5 aromatic heterocycles. The van der Waals surface area contributed by atoms with Gasteiger partial charge in [-0.05, 0) is 65.9 Å². The van der Waals surface area contributed by atoms with Gasteiger partial charge in [-0.15, -0.1) is 0 Å². The number of amides is 1. The number of hydrogen-bond acceptors (Lipinski definition) is 5. The number of hydrogen-bond donors (Lipinski definition) is 3. The van der Waals surface area contributed by atoms with E-state index in [9.17, 15) is 9.18 Å². The van der Waals surface area contributed by atoms with E-state index in [4.69, 9.17) is 0 Å². The van der Waals surface area contributed by atoms with E-state index in [1.165, 1.54) is 12.1 Å². The summed E-state index contributed by atoms with van der Waals surface area (Å²) in [6.07, 6.45) is 7.26. The van der Waals surface area contributed by atoms with Gasteiger partial charge >= 0.3 is 0 Å². The van der Waals surface area contributed by atoms with Crippen molar-refractivity contribution in [2.24, 2.45) is 5.92 Å². The average molecular weight is 520 g/mol. The van der Waals surface area contributed by atoms with Gasteiger partial charge in [0.25, 0.3) is 0 Å². The molecule has 0 bridgehead atoms. The van der Waals surface area contributed by atoms with Crippen LogP contribution in [0.15, 0.2) is 67.3 Å². The predicted molar refractivity (Wildman–Crippen MR) is 150 cm³/mol. The quantitative estimate of drug-likeness (QED) is 0.228. The minimum atomic E-state index is -0.276. The third-order valence-corrected chi connectivity index (χ3v) is 6.51. The van der Waals surface area contributed by atoms with Crippen molar-refractivity contribution in [1.29, 1.82) is 0 Å². The normalized spacial score (nSPS) is 11.5. The average Bonchev–Trinajstić information content (AvgIpc) is 3.51. The number of halogens is 1. The summed E-state index contributed by atoms with van der Waals surface area (Å²) in [7, 11) is 0. The zero-order valence-corrected chi connectivity index (χ0v) is 21.7. The number of nitrogens with one attached hydrogen (secondary N) is 3. The Labute approximate surface area is 223 Å². The van der Waals surface area contributed by atoms with Crippen molar-refractivity contribution in [3.63, 3.8) is 0 Å². The van der Waals surface area contributed by atoms with Crippen molar-refractivity contribution in [3.05, 3.63) is 78.6 Å². The number of aromatic amines is 2. The second-order valence-electron chi connectivity index (χ2n) is 10.1. The van der Waals surface area contributed by atoms with Crippen molar-refractivity contribution < 1.29 is 9.18 Å². The monoisotopic (exact) mass is 519 g/mol. The number of nitrogens with zero attached hydrogens (tertiary/aromatic N) is 4. The van der Waals surface area contributed by atoms with Gasteiger partial charge < -0.3 is 10.3 Å². The molecule has 8 nitrogen and oxygen atoms in total. The van der Waals surface area contributed by atoms with E-state index >= 15 is 0 Å². The molecule has 0 saturated heterocycles. The first kappa shape index (κ1) is 24.4. The van der Waals surface area contributed by atoms with Gasteiger partial charge in [-0.25, -0.2) is 14.4 Å². The van der Waals surface area contributed by atoms with E-state index < -0.39 is 0 Å². The van der Waals surface area contributed by atoms with Gasteiger partial charge in [0.15, 0.2) is 5.65 Å². The summed E-state index contributed by atoms with van der Waals surface area (Å²) in [6, 6.07) is 12.8. The zero-order valence-electron chi connectivity index (χ0n) is 21.7. The highest BCUT2D eigenvalue weighted by Crippen LogP contribution is 2.34. The molecule has 0 spiro atoms. The van der Waals surface area contributed by atoms with Gasteiger partial charge in [0.05, 0.1) is 23.3 Å². The number of pyridine rings is 3. The van der Waals surface area contributed by atoms with Crippen LogP contribution in [0.4, 0.5) is 10.1 Å². The third kappa shape index (κ3) is 4.86.